The summed E-state index contributed by atoms with van der Waals surface area (Å²) in [6, 6.07) is 14.6. The van der Waals surface area contributed by atoms with Crippen LogP contribution in [0.1, 0.15) is 73.2 Å². The average Bonchev–Trinajstić information content (AvgIpc) is 3.43. The molecule has 2 aromatic rings. The summed E-state index contributed by atoms with van der Waals surface area (Å²) in [6.45, 7) is 0. The Hall–Kier alpha value is -2.82. The molecule has 5 nitrogen and oxygen atoms in total. The normalized spacial score (nSPS) is 23.0. The molecule has 0 bridgehead atoms. The quantitative estimate of drug-likeness (QED) is 0.720. The van der Waals surface area contributed by atoms with Crippen LogP contribution in [0, 0.1) is 0 Å². The van der Waals surface area contributed by atoms with Crippen LogP contribution >= 0.6 is 0 Å². The highest BCUT2D eigenvalue weighted by Gasteiger charge is 2.57. The third kappa shape index (κ3) is 2.91. The Bertz CT molecular complexity index is 974. The Morgan fingerprint density at radius 3 is 2.37 bits per heavy atom. The number of hydrogen-bond donors (Lipinski definition) is 2. The number of anilines is 1. The molecule has 2 fully saturated rings. The van der Waals surface area contributed by atoms with E-state index in [9.17, 15) is 14.7 Å². The third-order valence-corrected chi connectivity index (χ3v) is 7.32. The fourth-order valence-corrected chi connectivity index (χ4v) is 6.08. The van der Waals surface area contributed by atoms with E-state index in [4.69, 9.17) is 0 Å². The maximum atomic E-state index is 13.8. The minimum atomic E-state index is -0.477. The topological polar surface area (TPSA) is 69.6 Å². The highest BCUT2D eigenvalue weighted by molar-refractivity contribution is 6.05. The Kier molecular flexibility index (Phi) is 4.76. The molecule has 5 rings (SSSR count). The van der Waals surface area contributed by atoms with E-state index in [0.29, 0.717) is 11.3 Å². The predicted molar refractivity (Wildman–Crippen MR) is 116 cm³/mol. The average molecular weight is 405 g/mol. The predicted octanol–water partition coefficient (Wildman–Crippen LogP) is 4.83. The van der Waals surface area contributed by atoms with Crippen LogP contribution in [0.4, 0.5) is 5.69 Å². The van der Waals surface area contributed by atoms with Crippen molar-refractivity contribution in [3.63, 3.8) is 0 Å². The monoisotopic (exact) mass is 404 g/mol. The van der Waals surface area contributed by atoms with E-state index < -0.39 is 11.5 Å². The number of para-hydroxylation sites is 2. The Morgan fingerprint density at radius 1 is 0.967 bits per heavy atom. The fourth-order valence-electron chi connectivity index (χ4n) is 6.08. The van der Waals surface area contributed by atoms with Crippen LogP contribution in [0.2, 0.25) is 0 Å². The first-order chi connectivity index (χ1) is 14.6. The molecule has 30 heavy (non-hydrogen) atoms. The molecule has 2 saturated carbocycles. The second kappa shape index (κ2) is 7.46. The Labute approximate surface area is 177 Å². The van der Waals surface area contributed by atoms with Gasteiger partial charge in [0.1, 0.15) is 5.75 Å². The summed E-state index contributed by atoms with van der Waals surface area (Å²) in [5, 5.41) is 13.2. The van der Waals surface area contributed by atoms with Crippen LogP contribution in [0.3, 0.4) is 0 Å². The van der Waals surface area contributed by atoms with Crippen molar-refractivity contribution in [3.8, 4) is 5.75 Å². The summed E-state index contributed by atoms with van der Waals surface area (Å²) in [5.74, 6) is -0.430. The molecule has 0 radical (unpaired) electrons. The summed E-state index contributed by atoms with van der Waals surface area (Å²) < 4.78 is 0. The largest absolute Gasteiger partial charge is 0.506 e. The summed E-state index contributed by atoms with van der Waals surface area (Å²) in [4.78, 5) is 29.6. The summed E-state index contributed by atoms with van der Waals surface area (Å²) in [6.07, 6.45) is 8.07. The van der Waals surface area contributed by atoms with Gasteiger partial charge >= 0.3 is 0 Å². The number of phenolic OH excluding ortho intramolecular Hbond substituents is 1. The number of nitrogens with zero attached hydrogens (tertiary/aromatic N) is 1. The van der Waals surface area contributed by atoms with Crippen molar-refractivity contribution in [1.82, 2.24) is 4.90 Å². The van der Waals surface area contributed by atoms with Crippen molar-refractivity contribution in [2.75, 3.05) is 5.32 Å². The van der Waals surface area contributed by atoms with Gasteiger partial charge < -0.3 is 15.3 Å². The molecule has 0 saturated heterocycles. The van der Waals surface area contributed by atoms with Crippen molar-refractivity contribution < 1.29 is 14.7 Å². The molecule has 2 N–H and O–H groups in total. The van der Waals surface area contributed by atoms with Crippen molar-refractivity contribution in [2.45, 2.75) is 68.9 Å². The van der Waals surface area contributed by atoms with Crippen LogP contribution in [0.15, 0.2) is 48.5 Å². The Balaban J connectivity index is 1.62. The van der Waals surface area contributed by atoms with Gasteiger partial charge in [0, 0.05) is 11.6 Å². The van der Waals surface area contributed by atoms with Crippen LogP contribution in [0.5, 0.6) is 5.75 Å². The molecule has 156 valence electrons. The van der Waals surface area contributed by atoms with E-state index in [0.717, 1.165) is 56.9 Å². The third-order valence-electron chi connectivity index (χ3n) is 7.32. The highest BCUT2D eigenvalue weighted by atomic mass is 16.3. The summed E-state index contributed by atoms with van der Waals surface area (Å²) >= 11 is 0. The lowest BCUT2D eigenvalue weighted by Gasteiger charge is -2.52. The van der Waals surface area contributed by atoms with Crippen molar-refractivity contribution >= 4 is 17.5 Å². The van der Waals surface area contributed by atoms with Gasteiger partial charge in [0.05, 0.1) is 17.1 Å². The second-order valence-corrected chi connectivity index (χ2v) is 8.95. The minimum absolute atomic E-state index is 0.0548. The lowest BCUT2D eigenvalue weighted by molar-refractivity contribution is -0.121. The first-order valence-electron chi connectivity index (χ1n) is 11.1. The molecule has 1 heterocycles. The number of nitrogens with one attached hydrogen (secondary N) is 1. The molecule has 2 amide bonds. The standard InChI is InChI=1S/C25H28N2O3/c28-21-14-6-5-13-20(21)26-23(29)22-18-11-3-4-12-19(18)24(30)27(17-9-1-2-10-17)25(22)15-7-8-16-25/h3-6,11-14,17,22,28H,1-2,7-10,15-16H2,(H,26,29). The van der Waals surface area contributed by atoms with E-state index >= 15 is 0 Å². The van der Waals surface area contributed by atoms with Gasteiger partial charge in [-0.3, -0.25) is 9.59 Å². The Morgan fingerprint density at radius 2 is 1.63 bits per heavy atom. The maximum Gasteiger partial charge on any atom is 0.254 e. The van der Waals surface area contributed by atoms with Gasteiger partial charge in [-0.25, -0.2) is 0 Å². The van der Waals surface area contributed by atoms with Crippen LogP contribution in [0.25, 0.3) is 0 Å². The van der Waals surface area contributed by atoms with Gasteiger partial charge in [0.15, 0.2) is 0 Å². The number of benzene rings is 2. The molecule has 2 aromatic carbocycles. The van der Waals surface area contributed by atoms with Crippen molar-refractivity contribution in [3.05, 3.63) is 59.7 Å². The zero-order valence-electron chi connectivity index (χ0n) is 17.1. The molecule has 0 aromatic heterocycles. The van der Waals surface area contributed by atoms with Gasteiger partial charge in [-0.15, -0.1) is 0 Å². The van der Waals surface area contributed by atoms with Crippen LogP contribution in [-0.4, -0.2) is 33.4 Å². The number of hydrogen-bond acceptors (Lipinski definition) is 3. The van der Waals surface area contributed by atoms with Crippen LogP contribution < -0.4 is 5.32 Å². The lowest BCUT2D eigenvalue weighted by atomic mass is 9.70. The zero-order chi connectivity index (χ0) is 20.7. The molecule has 3 aliphatic rings. The first-order valence-corrected chi connectivity index (χ1v) is 11.1. The zero-order valence-corrected chi connectivity index (χ0v) is 17.1. The van der Waals surface area contributed by atoms with Gasteiger partial charge in [0.2, 0.25) is 5.91 Å². The number of rotatable bonds is 3. The number of aromatic hydroxyl groups is 1. The smallest absolute Gasteiger partial charge is 0.254 e. The number of amides is 2. The number of carbonyl (C=O) groups is 2. The van der Waals surface area contributed by atoms with Gasteiger partial charge in [-0.2, -0.15) is 0 Å². The van der Waals surface area contributed by atoms with Gasteiger partial charge in [-0.05, 0) is 49.4 Å². The molecule has 2 aliphatic carbocycles. The first kappa shape index (κ1) is 19.2. The lowest BCUT2D eigenvalue weighted by Crippen LogP contribution is -2.62. The van der Waals surface area contributed by atoms with Gasteiger partial charge in [-0.1, -0.05) is 56.0 Å². The van der Waals surface area contributed by atoms with Crippen molar-refractivity contribution in [2.24, 2.45) is 0 Å². The summed E-state index contributed by atoms with van der Waals surface area (Å²) in [5.41, 5.74) is 1.41. The number of phenols is 1. The van der Waals surface area contributed by atoms with Gasteiger partial charge in [0.25, 0.3) is 5.91 Å². The minimum Gasteiger partial charge on any atom is -0.506 e. The molecule has 1 atom stereocenters. The molecule has 1 spiro atoms. The molecular formula is C25H28N2O3. The fraction of sp³-hybridized carbons (Fsp3) is 0.440. The summed E-state index contributed by atoms with van der Waals surface area (Å²) in [7, 11) is 0. The van der Waals surface area contributed by atoms with E-state index in [-0.39, 0.29) is 23.6 Å². The number of carbonyl (C=O) groups excluding carboxylic acids is 2. The number of fused-ring (bicyclic) bond motifs is 1. The SMILES string of the molecule is O=C(Nc1ccccc1O)C1c2ccccc2C(=O)N(C2CCCC2)C12CCCC2. The molecule has 1 aliphatic heterocycles. The van der Waals surface area contributed by atoms with Crippen molar-refractivity contribution in [1.29, 1.82) is 0 Å². The molecule has 5 heteroatoms. The second-order valence-electron chi connectivity index (χ2n) is 8.95. The molecule has 1 unspecified atom stereocenters. The molecular weight excluding hydrogens is 376 g/mol. The van der Waals surface area contributed by atoms with Crippen LogP contribution in [-0.2, 0) is 4.79 Å². The van der Waals surface area contributed by atoms with E-state index in [1.807, 2.05) is 24.3 Å². The van der Waals surface area contributed by atoms with E-state index in [2.05, 4.69) is 10.2 Å². The van der Waals surface area contributed by atoms with E-state index in [1.165, 1.54) is 0 Å². The van der Waals surface area contributed by atoms with E-state index in [1.54, 1.807) is 24.3 Å². The maximum absolute atomic E-state index is 13.8. The highest BCUT2D eigenvalue weighted by Crippen LogP contribution is 2.52.